The standard InChI is InChI=1S/C16H15ClO3S/c1-2-20-15-9-5-3-7-12(15)14(18)11-21(19)16-10-6-4-8-13(16)17/h3-10H,2,11H2,1H3. The summed E-state index contributed by atoms with van der Waals surface area (Å²) in [4.78, 5) is 12.8. The molecule has 0 spiro atoms. The van der Waals surface area contributed by atoms with Crippen molar-refractivity contribution in [2.24, 2.45) is 0 Å². The third-order valence-electron chi connectivity index (χ3n) is 2.83. The number of para-hydroxylation sites is 1. The second-order valence-corrected chi connectivity index (χ2v) is 6.10. The van der Waals surface area contributed by atoms with Gasteiger partial charge in [0.15, 0.2) is 5.78 Å². The van der Waals surface area contributed by atoms with Crippen molar-refractivity contribution in [1.82, 2.24) is 0 Å². The highest BCUT2D eigenvalue weighted by atomic mass is 35.5. The van der Waals surface area contributed by atoms with Crippen LogP contribution in [0.15, 0.2) is 53.4 Å². The summed E-state index contributed by atoms with van der Waals surface area (Å²) in [6.07, 6.45) is 0. The summed E-state index contributed by atoms with van der Waals surface area (Å²) in [5, 5.41) is 0.404. The summed E-state index contributed by atoms with van der Waals surface area (Å²) < 4.78 is 17.7. The molecule has 0 amide bonds. The zero-order valence-corrected chi connectivity index (χ0v) is 13.1. The lowest BCUT2D eigenvalue weighted by molar-refractivity contribution is 0.101. The van der Waals surface area contributed by atoms with Gasteiger partial charge in [-0.25, -0.2) is 0 Å². The van der Waals surface area contributed by atoms with Gasteiger partial charge in [0.25, 0.3) is 0 Å². The Morgan fingerprint density at radius 2 is 1.81 bits per heavy atom. The van der Waals surface area contributed by atoms with Crippen LogP contribution in [0.3, 0.4) is 0 Å². The van der Waals surface area contributed by atoms with E-state index in [0.717, 1.165) is 0 Å². The van der Waals surface area contributed by atoms with Crippen LogP contribution in [0, 0.1) is 0 Å². The lowest BCUT2D eigenvalue weighted by atomic mass is 10.1. The molecular weight excluding hydrogens is 308 g/mol. The number of ether oxygens (including phenoxy) is 1. The number of benzene rings is 2. The highest BCUT2D eigenvalue weighted by molar-refractivity contribution is 7.86. The number of hydrogen-bond acceptors (Lipinski definition) is 3. The minimum atomic E-state index is -1.47. The fourth-order valence-corrected chi connectivity index (χ4v) is 3.34. The van der Waals surface area contributed by atoms with Crippen molar-refractivity contribution in [2.45, 2.75) is 11.8 Å². The zero-order valence-electron chi connectivity index (χ0n) is 11.5. The third-order valence-corrected chi connectivity index (χ3v) is 4.64. The molecule has 0 heterocycles. The van der Waals surface area contributed by atoms with Gasteiger partial charge >= 0.3 is 0 Å². The molecule has 0 aromatic heterocycles. The molecule has 2 aromatic carbocycles. The molecule has 21 heavy (non-hydrogen) atoms. The van der Waals surface area contributed by atoms with Gasteiger partial charge in [-0.2, -0.15) is 0 Å². The number of hydrogen-bond donors (Lipinski definition) is 0. The first-order valence-corrected chi connectivity index (χ1v) is 8.21. The average Bonchev–Trinajstić information content (AvgIpc) is 2.48. The van der Waals surface area contributed by atoms with Gasteiger partial charge in [0, 0.05) is 0 Å². The van der Waals surface area contributed by atoms with Crippen molar-refractivity contribution < 1.29 is 13.7 Å². The fraction of sp³-hybridized carbons (Fsp3) is 0.188. The zero-order chi connectivity index (χ0) is 15.2. The normalized spacial score (nSPS) is 11.9. The van der Waals surface area contributed by atoms with E-state index in [0.29, 0.717) is 27.8 Å². The number of rotatable bonds is 6. The first kappa shape index (κ1) is 15.7. The Kier molecular flexibility index (Phi) is 5.53. The molecule has 2 aromatic rings. The molecule has 1 atom stereocenters. The number of Topliss-reactive ketones (excluding diaryl/α,β-unsaturated/α-hetero) is 1. The molecule has 0 radical (unpaired) electrons. The van der Waals surface area contributed by atoms with Gasteiger partial charge in [0.05, 0.1) is 38.6 Å². The lowest BCUT2D eigenvalue weighted by Crippen LogP contribution is -2.13. The van der Waals surface area contributed by atoms with Crippen molar-refractivity contribution in [3.05, 3.63) is 59.1 Å². The summed E-state index contributed by atoms with van der Waals surface area (Å²) in [6, 6.07) is 13.8. The van der Waals surface area contributed by atoms with Gasteiger partial charge < -0.3 is 4.74 Å². The summed E-state index contributed by atoms with van der Waals surface area (Å²) in [6.45, 7) is 2.32. The van der Waals surface area contributed by atoms with Gasteiger partial charge in [-0.1, -0.05) is 35.9 Å². The molecule has 0 aliphatic heterocycles. The van der Waals surface area contributed by atoms with Crippen LogP contribution in [0.5, 0.6) is 5.75 Å². The molecule has 0 aliphatic carbocycles. The molecule has 0 N–H and O–H groups in total. The Bertz CT molecular complexity index is 670. The summed E-state index contributed by atoms with van der Waals surface area (Å²) in [5.74, 6) is 0.173. The average molecular weight is 323 g/mol. The van der Waals surface area contributed by atoms with E-state index in [1.807, 2.05) is 6.92 Å². The van der Waals surface area contributed by atoms with Gasteiger partial charge in [0.1, 0.15) is 5.75 Å². The van der Waals surface area contributed by atoms with Crippen LogP contribution in [0.1, 0.15) is 17.3 Å². The van der Waals surface area contributed by atoms with E-state index in [2.05, 4.69) is 0 Å². The number of carbonyl (C=O) groups is 1. The Morgan fingerprint density at radius 3 is 2.52 bits per heavy atom. The molecule has 110 valence electrons. The largest absolute Gasteiger partial charge is 0.493 e. The van der Waals surface area contributed by atoms with E-state index in [4.69, 9.17) is 16.3 Å². The molecule has 0 saturated heterocycles. The Labute approximate surface area is 131 Å². The van der Waals surface area contributed by atoms with Crippen LogP contribution >= 0.6 is 11.6 Å². The molecule has 3 nitrogen and oxygen atoms in total. The van der Waals surface area contributed by atoms with Crippen LogP contribution < -0.4 is 4.74 Å². The monoisotopic (exact) mass is 322 g/mol. The van der Waals surface area contributed by atoms with Crippen LogP contribution in [0.4, 0.5) is 0 Å². The topological polar surface area (TPSA) is 43.4 Å². The van der Waals surface area contributed by atoms with E-state index in [1.54, 1.807) is 48.5 Å². The molecule has 0 fully saturated rings. The number of halogens is 1. The van der Waals surface area contributed by atoms with Gasteiger partial charge in [0.2, 0.25) is 0 Å². The molecule has 5 heteroatoms. The van der Waals surface area contributed by atoms with E-state index < -0.39 is 10.8 Å². The summed E-state index contributed by atoms with van der Waals surface area (Å²) in [7, 11) is -1.47. The van der Waals surface area contributed by atoms with Crippen molar-refractivity contribution >= 4 is 28.2 Å². The predicted molar refractivity (Wildman–Crippen MR) is 84.7 cm³/mol. The molecule has 2 rings (SSSR count). The maximum Gasteiger partial charge on any atom is 0.179 e. The first-order chi connectivity index (χ1) is 10.1. The minimum Gasteiger partial charge on any atom is -0.493 e. The highest BCUT2D eigenvalue weighted by Crippen LogP contribution is 2.22. The fourth-order valence-electron chi connectivity index (χ4n) is 1.88. The van der Waals surface area contributed by atoms with Crippen LogP contribution in [-0.2, 0) is 10.8 Å². The van der Waals surface area contributed by atoms with Crippen molar-refractivity contribution in [3.8, 4) is 5.75 Å². The van der Waals surface area contributed by atoms with Gasteiger partial charge in [-0.05, 0) is 31.2 Å². The van der Waals surface area contributed by atoms with E-state index in [9.17, 15) is 9.00 Å². The van der Waals surface area contributed by atoms with Crippen LogP contribution in [-0.4, -0.2) is 22.4 Å². The van der Waals surface area contributed by atoms with Crippen LogP contribution in [0.25, 0.3) is 0 Å². The molecular formula is C16H15ClO3S. The second-order valence-electron chi connectivity index (χ2n) is 4.27. The van der Waals surface area contributed by atoms with Crippen molar-refractivity contribution in [3.63, 3.8) is 0 Å². The van der Waals surface area contributed by atoms with Gasteiger partial charge in [-0.3, -0.25) is 9.00 Å². The van der Waals surface area contributed by atoms with Crippen molar-refractivity contribution in [1.29, 1.82) is 0 Å². The van der Waals surface area contributed by atoms with E-state index in [-0.39, 0.29) is 11.5 Å². The van der Waals surface area contributed by atoms with Crippen LogP contribution in [0.2, 0.25) is 5.02 Å². The Balaban J connectivity index is 2.19. The van der Waals surface area contributed by atoms with Gasteiger partial charge in [-0.15, -0.1) is 0 Å². The summed E-state index contributed by atoms with van der Waals surface area (Å²) in [5.41, 5.74) is 0.444. The SMILES string of the molecule is CCOc1ccccc1C(=O)CS(=O)c1ccccc1Cl. The minimum absolute atomic E-state index is 0.117. The molecule has 1 unspecified atom stereocenters. The first-order valence-electron chi connectivity index (χ1n) is 6.51. The van der Waals surface area contributed by atoms with Crippen molar-refractivity contribution in [2.75, 3.05) is 12.4 Å². The number of ketones is 1. The molecule has 0 bridgehead atoms. The van der Waals surface area contributed by atoms with E-state index in [1.165, 1.54) is 0 Å². The molecule has 0 aliphatic rings. The molecule has 0 saturated carbocycles. The second kappa shape index (κ2) is 7.38. The maximum absolute atomic E-state index is 12.3. The predicted octanol–water partition coefficient (Wildman–Crippen LogP) is 3.73. The summed E-state index contributed by atoms with van der Waals surface area (Å²) >= 11 is 6.00. The quantitative estimate of drug-likeness (QED) is 0.761. The Morgan fingerprint density at radius 1 is 1.14 bits per heavy atom. The Hall–Kier alpha value is -1.65. The highest BCUT2D eigenvalue weighted by Gasteiger charge is 2.17. The number of carbonyl (C=O) groups excluding carboxylic acids is 1. The van der Waals surface area contributed by atoms with E-state index >= 15 is 0 Å². The third kappa shape index (κ3) is 3.93. The lowest BCUT2D eigenvalue weighted by Gasteiger charge is -2.09. The maximum atomic E-state index is 12.3. The smallest absolute Gasteiger partial charge is 0.179 e.